The third-order valence-electron chi connectivity index (χ3n) is 4.83. The second-order valence-electron chi connectivity index (χ2n) is 6.66. The van der Waals surface area contributed by atoms with Crippen LogP contribution in [0, 0.1) is 20.8 Å². The second kappa shape index (κ2) is 7.55. The summed E-state index contributed by atoms with van der Waals surface area (Å²) in [4.78, 5) is 4.11. The fourth-order valence-corrected chi connectivity index (χ4v) is 3.78. The van der Waals surface area contributed by atoms with E-state index in [1.54, 1.807) is 24.2 Å². The minimum absolute atomic E-state index is 0.663. The molecule has 0 unspecified atom stereocenters. The Bertz CT molecular complexity index is 1120. The molecule has 0 radical (unpaired) electrons. The molecule has 3 heterocycles. The highest BCUT2D eigenvalue weighted by Gasteiger charge is 2.17. The lowest BCUT2D eigenvalue weighted by Crippen LogP contribution is -2.02. The van der Waals surface area contributed by atoms with Gasteiger partial charge in [-0.15, -0.1) is 20.4 Å². The highest BCUT2D eigenvalue weighted by molar-refractivity contribution is 7.98. The fraction of sp³-hybridized carbons (Fsp3) is 0.250. The number of hydrogen-bond acceptors (Lipinski definition) is 6. The van der Waals surface area contributed by atoms with Crippen LogP contribution in [0.2, 0.25) is 0 Å². The molecule has 0 aliphatic carbocycles. The summed E-state index contributed by atoms with van der Waals surface area (Å²) in [6.45, 7) is 6.17. The molecule has 4 rings (SSSR count). The maximum atomic E-state index is 4.48. The number of rotatable bonds is 5. The van der Waals surface area contributed by atoms with Crippen molar-refractivity contribution < 1.29 is 0 Å². The summed E-state index contributed by atoms with van der Waals surface area (Å²) in [6.07, 6.45) is 3.54. The molecule has 0 N–H and O–H groups in total. The first-order valence-corrected chi connectivity index (χ1v) is 9.94. The first-order valence-electron chi connectivity index (χ1n) is 8.95. The number of pyridine rings is 1. The minimum atomic E-state index is 0.663. The third-order valence-corrected chi connectivity index (χ3v) is 5.76. The quantitative estimate of drug-likeness (QED) is 0.483. The summed E-state index contributed by atoms with van der Waals surface area (Å²) >= 11 is 1.60. The van der Waals surface area contributed by atoms with Crippen LogP contribution in [-0.2, 0) is 12.8 Å². The lowest BCUT2D eigenvalue weighted by molar-refractivity contribution is 0.813. The smallest absolute Gasteiger partial charge is 0.196 e. The summed E-state index contributed by atoms with van der Waals surface area (Å²) in [5, 5.41) is 18.1. The van der Waals surface area contributed by atoms with E-state index in [-0.39, 0.29) is 0 Å². The van der Waals surface area contributed by atoms with Crippen LogP contribution in [0.4, 0.5) is 0 Å². The zero-order chi connectivity index (χ0) is 19.7. The zero-order valence-electron chi connectivity index (χ0n) is 16.3. The van der Waals surface area contributed by atoms with Crippen LogP contribution in [0.25, 0.3) is 17.1 Å². The Morgan fingerprint density at radius 1 is 0.893 bits per heavy atom. The van der Waals surface area contributed by atoms with Crippen LogP contribution in [-0.4, -0.2) is 34.5 Å². The standard InChI is InChI=1S/C20H21N7S/c1-13-5-6-17(11-14(13)2)27-19(16-7-9-21-10-8-16)24-25-20(27)28-12-18-23-22-15(3)26(18)4/h5-11H,12H2,1-4H3. The van der Waals surface area contributed by atoms with E-state index in [0.717, 1.165) is 33.9 Å². The van der Waals surface area contributed by atoms with E-state index in [1.165, 1.54) is 11.1 Å². The molecular weight excluding hydrogens is 370 g/mol. The number of aryl methyl sites for hydroxylation is 3. The molecule has 28 heavy (non-hydrogen) atoms. The van der Waals surface area contributed by atoms with Gasteiger partial charge in [-0.1, -0.05) is 17.8 Å². The van der Waals surface area contributed by atoms with Gasteiger partial charge in [-0.05, 0) is 56.2 Å². The largest absolute Gasteiger partial charge is 0.318 e. The molecule has 4 aromatic rings. The summed E-state index contributed by atoms with van der Waals surface area (Å²) in [5.74, 6) is 3.25. The van der Waals surface area contributed by atoms with Crippen LogP contribution < -0.4 is 0 Å². The van der Waals surface area contributed by atoms with Gasteiger partial charge in [-0.3, -0.25) is 9.55 Å². The Balaban J connectivity index is 1.76. The Morgan fingerprint density at radius 3 is 2.36 bits per heavy atom. The van der Waals surface area contributed by atoms with Crippen LogP contribution in [0.1, 0.15) is 22.8 Å². The molecule has 0 aliphatic heterocycles. The molecule has 0 saturated heterocycles. The Morgan fingerprint density at radius 2 is 1.68 bits per heavy atom. The topological polar surface area (TPSA) is 74.3 Å². The molecule has 0 saturated carbocycles. The van der Waals surface area contributed by atoms with Gasteiger partial charge in [0.2, 0.25) is 0 Å². The number of hydrogen-bond donors (Lipinski definition) is 0. The normalized spacial score (nSPS) is 11.1. The molecule has 7 nitrogen and oxygen atoms in total. The average molecular weight is 392 g/mol. The molecule has 0 spiro atoms. The van der Waals surface area contributed by atoms with E-state index in [9.17, 15) is 0 Å². The van der Waals surface area contributed by atoms with Gasteiger partial charge in [0.05, 0.1) is 11.4 Å². The lowest BCUT2D eigenvalue weighted by Gasteiger charge is -2.12. The van der Waals surface area contributed by atoms with Gasteiger partial charge >= 0.3 is 0 Å². The van der Waals surface area contributed by atoms with Crippen molar-refractivity contribution in [2.75, 3.05) is 0 Å². The van der Waals surface area contributed by atoms with Crippen LogP contribution in [0.15, 0.2) is 47.9 Å². The Labute approximate surface area is 167 Å². The van der Waals surface area contributed by atoms with E-state index in [4.69, 9.17) is 0 Å². The third kappa shape index (κ3) is 3.43. The minimum Gasteiger partial charge on any atom is -0.318 e. The molecule has 0 fully saturated rings. The first-order chi connectivity index (χ1) is 13.5. The SMILES string of the molecule is Cc1ccc(-n2c(SCc3nnc(C)n3C)nnc2-c2ccncc2)cc1C. The molecule has 0 bridgehead atoms. The predicted molar refractivity (Wildman–Crippen MR) is 109 cm³/mol. The molecule has 142 valence electrons. The van der Waals surface area contributed by atoms with Crippen molar-refractivity contribution >= 4 is 11.8 Å². The van der Waals surface area contributed by atoms with E-state index >= 15 is 0 Å². The number of aromatic nitrogens is 7. The Hall–Kier alpha value is -3.00. The highest BCUT2D eigenvalue weighted by atomic mass is 32.2. The molecular formula is C20H21N7S. The lowest BCUT2D eigenvalue weighted by atomic mass is 10.1. The number of nitrogens with zero attached hydrogens (tertiary/aromatic N) is 7. The van der Waals surface area contributed by atoms with Crippen molar-refractivity contribution in [2.24, 2.45) is 7.05 Å². The van der Waals surface area contributed by atoms with Gasteiger partial charge in [-0.2, -0.15) is 0 Å². The number of thioether (sulfide) groups is 1. The van der Waals surface area contributed by atoms with Crippen LogP contribution >= 0.6 is 11.8 Å². The van der Waals surface area contributed by atoms with Crippen molar-refractivity contribution in [1.29, 1.82) is 0 Å². The fourth-order valence-electron chi connectivity index (χ4n) is 2.85. The molecule has 1 aromatic carbocycles. The van der Waals surface area contributed by atoms with Crippen molar-refractivity contribution in [3.05, 3.63) is 65.5 Å². The van der Waals surface area contributed by atoms with Crippen molar-refractivity contribution in [2.45, 2.75) is 31.7 Å². The Kier molecular flexibility index (Phi) is 4.95. The predicted octanol–water partition coefficient (Wildman–Crippen LogP) is 3.68. The highest BCUT2D eigenvalue weighted by Crippen LogP contribution is 2.30. The van der Waals surface area contributed by atoms with Gasteiger partial charge in [0.1, 0.15) is 11.6 Å². The van der Waals surface area contributed by atoms with Gasteiger partial charge in [-0.25, -0.2) is 0 Å². The molecule has 0 atom stereocenters. The van der Waals surface area contributed by atoms with Crippen molar-refractivity contribution in [1.82, 2.24) is 34.5 Å². The van der Waals surface area contributed by atoms with E-state index < -0.39 is 0 Å². The summed E-state index contributed by atoms with van der Waals surface area (Å²) in [5.41, 5.74) is 4.50. The van der Waals surface area contributed by atoms with Crippen molar-refractivity contribution in [3.63, 3.8) is 0 Å². The van der Waals surface area contributed by atoms with Gasteiger partial charge in [0.15, 0.2) is 11.0 Å². The molecule has 8 heteroatoms. The summed E-state index contributed by atoms with van der Waals surface area (Å²) in [7, 11) is 1.97. The zero-order valence-corrected chi connectivity index (χ0v) is 17.1. The molecule has 0 amide bonds. The molecule has 0 aliphatic rings. The summed E-state index contributed by atoms with van der Waals surface area (Å²) < 4.78 is 4.09. The summed E-state index contributed by atoms with van der Waals surface area (Å²) in [6, 6.07) is 10.3. The van der Waals surface area contributed by atoms with E-state index in [1.807, 2.05) is 30.7 Å². The maximum absolute atomic E-state index is 4.48. The van der Waals surface area contributed by atoms with Crippen LogP contribution in [0.5, 0.6) is 0 Å². The molecule has 3 aromatic heterocycles. The monoisotopic (exact) mass is 391 g/mol. The average Bonchev–Trinajstić information content (AvgIpc) is 3.27. The first kappa shape index (κ1) is 18.4. The van der Waals surface area contributed by atoms with Crippen molar-refractivity contribution in [3.8, 4) is 17.1 Å². The van der Waals surface area contributed by atoms with Crippen LogP contribution in [0.3, 0.4) is 0 Å². The van der Waals surface area contributed by atoms with Gasteiger partial charge in [0.25, 0.3) is 0 Å². The number of benzene rings is 1. The van der Waals surface area contributed by atoms with E-state index in [2.05, 4.69) is 62.0 Å². The van der Waals surface area contributed by atoms with Gasteiger partial charge in [0, 0.05) is 25.0 Å². The van der Waals surface area contributed by atoms with E-state index in [0.29, 0.717) is 5.75 Å². The maximum Gasteiger partial charge on any atom is 0.196 e. The van der Waals surface area contributed by atoms with Gasteiger partial charge < -0.3 is 4.57 Å². The second-order valence-corrected chi connectivity index (χ2v) is 7.60.